The molecule has 0 heterocycles. The second-order valence-electron chi connectivity index (χ2n) is 2.06. The van der Waals surface area contributed by atoms with Crippen LogP contribution in [0.2, 0.25) is 0 Å². The fourth-order valence-electron chi connectivity index (χ4n) is 0.664. The number of rotatable bonds is 5. The van der Waals surface area contributed by atoms with Crippen molar-refractivity contribution in [1.82, 2.24) is 0 Å². The Morgan fingerprint density at radius 1 is 1.30 bits per heavy atom. The first-order chi connectivity index (χ1) is 4.41. The van der Waals surface area contributed by atoms with Gasteiger partial charge >= 0.3 is 0 Å². The van der Waals surface area contributed by atoms with Gasteiger partial charge < -0.3 is 0 Å². The average molecular weight is 142 g/mol. The molecule has 10 heavy (non-hydrogen) atoms. The molecule has 0 radical (unpaired) electrons. The topological polar surface area (TPSA) is 17.1 Å². The Bertz CT molecular complexity index is 84.7. The number of hydrogen-bond donors (Lipinski definition) is 0. The van der Waals surface area contributed by atoms with Crippen molar-refractivity contribution in [2.24, 2.45) is 0 Å². The van der Waals surface area contributed by atoms with E-state index in [0.717, 1.165) is 12.7 Å². The lowest BCUT2D eigenvalue weighted by Gasteiger charge is -1.88. The van der Waals surface area contributed by atoms with Gasteiger partial charge in [-0.1, -0.05) is 33.3 Å². The van der Waals surface area contributed by atoms with E-state index >= 15 is 0 Å². The Morgan fingerprint density at radius 3 is 2.50 bits per heavy atom. The van der Waals surface area contributed by atoms with Crippen LogP contribution in [-0.4, -0.2) is 6.29 Å². The summed E-state index contributed by atoms with van der Waals surface area (Å²) in [4.78, 5) is 9.75. The Morgan fingerprint density at radius 2 is 2.00 bits per heavy atom. The summed E-state index contributed by atoms with van der Waals surface area (Å²) in [5.74, 6) is 0. The average Bonchev–Trinajstić information content (AvgIpc) is 1.89. The molecule has 0 aliphatic heterocycles. The lowest BCUT2D eigenvalue weighted by Crippen LogP contribution is -1.70. The lowest BCUT2D eigenvalue weighted by molar-refractivity contribution is -0.104. The van der Waals surface area contributed by atoms with Crippen molar-refractivity contribution in [3.05, 3.63) is 12.2 Å². The largest absolute Gasteiger partial charge is 0.299 e. The maximum Gasteiger partial charge on any atom is 0.142 e. The van der Waals surface area contributed by atoms with Crippen LogP contribution in [0.5, 0.6) is 0 Å². The molecule has 0 fully saturated rings. The van der Waals surface area contributed by atoms with Gasteiger partial charge in [-0.25, -0.2) is 0 Å². The minimum absolute atomic E-state index is 0. The molecule has 1 heteroatoms. The first-order valence-corrected chi connectivity index (χ1v) is 3.52. The molecule has 0 aromatic carbocycles. The summed E-state index contributed by atoms with van der Waals surface area (Å²) in [6.45, 7) is 2.17. The number of carbonyl (C=O) groups is 1. The van der Waals surface area contributed by atoms with Gasteiger partial charge in [0.1, 0.15) is 6.29 Å². The number of carbonyl (C=O) groups excluding carboxylic acids is 1. The van der Waals surface area contributed by atoms with E-state index in [2.05, 4.69) is 6.92 Å². The highest BCUT2D eigenvalue weighted by atomic mass is 16.1. The van der Waals surface area contributed by atoms with Gasteiger partial charge in [0.2, 0.25) is 0 Å². The van der Waals surface area contributed by atoms with Crippen LogP contribution in [0.15, 0.2) is 12.2 Å². The molecule has 0 spiro atoms. The van der Waals surface area contributed by atoms with E-state index in [0.29, 0.717) is 0 Å². The molecule has 0 saturated carbocycles. The van der Waals surface area contributed by atoms with E-state index in [1.165, 1.54) is 19.3 Å². The van der Waals surface area contributed by atoms with Crippen molar-refractivity contribution in [1.29, 1.82) is 0 Å². The normalized spacial score (nSPS) is 9.30. The van der Waals surface area contributed by atoms with Crippen molar-refractivity contribution >= 4 is 6.29 Å². The molecule has 0 N–H and O–H groups in total. The number of allylic oxidation sites excluding steroid dienone is 2. The molecular weight excluding hydrogens is 124 g/mol. The van der Waals surface area contributed by atoms with E-state index < -0.39 is 0 Å². The Labute approximate surface area is 64.1 Å². The Hall–Kier alpha value is -0.590. The van der Waals surface area contributed by atoms with E-state index in [-0.39, 0.29) is 7.43 Å². The third-order valence-electron chi connectivity index (χ3n) is 1.19. The molecule has 0 amide bonds. The molecular formula is C9H18O. The molecule has 1 nitrogen and oxygen atoms in total. The maximum absolute atomic E-state index is 9.75. The molecule has 0 aromatic heterocycles. The summed E-state index contributed by atoms with van der Waals surface area (Å²) < 4.78 is 0. The second-order valence-corrected chi connectivity index (χ2v) is 2.06. The van der Waals surface area contributed by atoms with Crippen molar-refractivity contribution < 1.29 is 4.79 Å². The van der Waals surface area contributed by atoms with Gasteiger partial charge in [0.15, 0.2) is 0 Å². The van der Waals surface area contributed by atoms with Crippen LogP contribution < -0.4 is 0 Å². The van der Waals surface area contributed by atoms with Gasteiger partial charge in [0.05, 0.1) is 0 Å². The summed E-state index contributed by atoms with van der Waals surface area (Å²) in [7, 11) is 0. The highest BCUT2D eigenvalue weighted by Gasteiger charge is 1.79. The van der Waals surface area contributed by atoms with Gasteiger partial charge in [-0.2, -0.15) is 0 Å². The van der Waals surface area contributed by atoms with Crippen LogP contribution in [-0.2, 0) is 4.79 Å². The van der Waals surface area contributed by atoms with E-state index in [9.17, 15) is 4.79 Å². The Balaban J connectivity index is 0. The van der Waals surface area contributed by atoms with Crippen LogP contribution in [0.1, 0.15) is 40.0 Å². The Kier molecular flexibility index (Phi) is 13.6. The SMILES string of the molecule is C.CCCCCC=CC=O. The molecule has 0 rings (SSSR count). The molecule has 0 aromatic rings. The van der Waals surface area contributed by atoms with Gasteiger partial charge in [-0.15, -0.1) is 0 Å². The minimum atomic E-state index is 0. The molecule has 0 aliphatic carbocycles. The second kappa shape index (κ2) is 11.2. The van der Waals surface area contributed by atoms with E-state index in [1.807, 2.05) is 6.08 Å². The molecule has 0 aliphatic rings. The number of hydrogen-bond acceptors (Lipinski definition) is 1. The fourth-order valence-corrected chi connectivity index (χ4v) is 0.664. The third-order valence-corrected chi connectivity index (χ3v) is 1.19. The fraction of sp³-hybridized carbons (Fsp3) is 0.667. The van der Waals surface area contributed by atoms with Gasteiger partial charge in [-0.05, 0) is 18.9 Å². The maximum atomic E-state index is 9.75. The highest BCUT2D eigenvalue weighted by molar-refractivity contribution is 5.64. The molecule has 0 saturated heterocycles. The summed E-state index contributed by atoms with van der Waals surface area (Å²) in [5.41, 5.74) is 0. The zero-order chi connectivity index (χ0) is 6.95. The molecule has 0 bridgehead atoms. The van der Waals surface area contributed by atoms with Gasteiger partial charge in [0, 0.05) is 0 Å². The highest BCUT2D eigenvalue weighted by Crippen LogP contribution is 1.98. The molecule has 60 valence electrons. The number of aldehydes is 1. The predicted octanol–water partition coefficient (Wildman–Crippen LogP) is 2.96. The van der Waals surface area contributed by atoms with E-state index in [1.54, 1.807) is 6.08 Å². The first kappa shape index (κ1) is 12.1. The van der Waals surface area contributed by atoms with Crippen LogP contribution in [0, 0.1) is 0 Å². The smallest absolute Gasteiger partial charge is 0.142 e. The number of unbranched alkanes of at least 4 members (excludes halogenated alkanes) is 3. The van der Waals surface area contributed by atoms with Crippen molar-refractivity contribution in [2.45, 2.75) is 40.0 Å². The zero-order valence-electron chi connectivity index (χ0n) is 5.97. The summed E-state index contributed by atoms with van der Waals surface area (Å²) in [6.07, 6.45) is 9.08. The minimum Gasteiger partial charge on any atom is -0.299 e. The lowest BCUT2D eigenvalue weighted by atomic mass is 10.2. The molecule has 0 atom stereocenters. The van der Waals surface area contributed by atoms with Crippen LogP contribution in [0.25, 0.3) is 0 Å². The van der Waals surface area contributed by atoms with Crippen LogP contribution >= 0.6 is 0 Å². The first-order valence-electron chi connectivity index (χ1n) is 3.52. The zero-order valence-corrected chi connectivity index (χ0v) is 5.97. The monoisotopic (exact) mass is 142 g/mol. The standard InChI is InChI=1S/C8H14O.CH4/c1-2-3-4-5-6-7-8-9;/h6-8H,2-5H2,1H3;1H4. The summed E-state index contributed by atoms with van der Waals surface area (Å²) in [5, 5.41) is 0. The van der Waals surface area contributed by atoms with Crippen LogP contribution in [0.3, 0.4) is 0 Å². The van der Waals surface area contributed by atoms with Gasteiger partial charge in [0.25, 0.3) is 0 Å². The predicted molar refractivity (Wildman–Crippen MR) is 46.1 cm³/mol. The van der Waals surface area contributed by atoms with Gasteiger partial charge in [-0.3, -0.25) is 4.79 Å². The molecule has 0 unspecified atom stereocenters. The van der Waals surface area contributed by atoms with Crippen molar-refractivity contribution in [3.63, 3.8) is 0 Å². The quantitative estimate of drug-likeness (QED) is 0.327. The van der Waals surface area contributed by atoms with Crippen molar-refractivity contribution in [2.75, 3.05) is 0 Å². The van der Waals surface area contributed by atoms with E-state index in [4.69, 9.17) is 0 Å². The van der Waals surface area contributed by atoms with Crippen LogP contribution in [0.4, 0.5) is 0 Å². The third kappa shape index (κ3) is 10.4. The summed E-state index contributed by atoms with van der Waals surface area (Å²) in [6, 6.07) is 0. The summed E-state index contributed by atoms with van der Waals surface area (Å²) >= 11 is 0. The van der Waals surface area contributed by atoms with Crippen molar-refractivity contribution in [3.8, 4) is 0 Å².